The summed E-state index contributed by atoms with van der Waals surface area (Å²) in [7, 11) is 1.82. The average Bonchev–Trinajstić information content (AvgIpc) is 2.51. The Bertz CT molecular complexity index is 563. The zero-order valence-electron chi connectivity index (χ0n) is 9.99. The van der Waals surface area contributed by atoms with E-state index >= 15 is 0 Å². The topological polar surface area (TPSA) is 53.1 Å². The quantitative estimate of drug-likeness (QED) is 0.814. The molecular weight excluding hydrogens is 221 g/mol. The van der Waals surface area contributed by atoms with Crippen LogP contribution in [0.25, 0.3) is 0 Å². The first kappa shape index (κ1) is 11.4. The van der Waals surface area contributed by atoms with Crippen LogP contribution in [0.4, 0.5) is 10.1 Å². The Morgan fingerprint density at radius 3 is 2.65 bits per heavy atom. The molecule has 1 heterocycles. The zero-order valence-corrected chi connectivity index (χ0v) is 9.99. The summed E-state index contributed by atoms with van der Waals surface area (Å²) >= 11 is 0. The van der Waals surface area contributed by atoms with Gasteiger partial charge in [0, 0.05) is 7.05 Å². The maximum Gasteiger partial charge on any atom is 0.171 e. The molecule has 0 aliphatic heterocycles. The molecule has 0 radical (unpaired) electrons. The van der Waals surface area contributed by atoms with Crippen molar-refractivity contribution in [2.45, 2.75) is 13.8 Å². The summed E-state index contributed by atoms with van der Waals surface area (Å²) in [5.41, 5.74) is 7.23. The lowest BCUT2D eigenvalue weighted by atomic mass is 10.3. The molecule has 0 spiro atoms. The van der Waals surface area contributed by atoms with Gasteiger partial charge in [-0.1, -0.05) is 6.07 Å². The molecular formula is C12H14FN3O. The number of nitrogens with two attached hydrogens (primary N) is 1. The maximum absolute atomic E-state index is 13.3. The number of nitrogens with zero attached hydrogens (tertiary/aromatic N) is 2. The smallest absolute Gasteiger partial charge is 0.171 e. The Morgan fingerprint density at radius 1 is 1.35 bits per heavy atom. The summed E-state index contributed by atoms with van der Waals surface area (Å²) in [5.74, 6) is 0.440. The standard InChI is InChI=1S/C12H14FN3O/c1-7-12(8(2)16(3)15-7)17-10-6-4-5-9(13)11(10)14/h4-6H,14H2,1-3H3. The largest absolute Gasteiger partial charge is 0.451 e. The molecule has 2 rings (SSSR count). The first-order chi connectivity index (χ1) is 8.00. The molecule has 0 saturated carbocycles. The SMILES string of the molecule is Cc1nn(C)c(C)c1Oc1cccc(F)c1N. The van der Waals surface area contributed by atoms with Crippen LogP contribution in [0.2, 0.25) is 0 Å². The van der Waals surface area contributed by atoms with E-state index < -0.39 is 5.82 Å². The second-order valence-electron chi connectivity index (χ2n) is 3.88. The van der Waals surface area contributed by atoms with E-state index in [1.165, 1.54) is 6.07 Å². The normalized spacial score (nSPS) is 10.6. The lowest BCUT2D eigenvalue weighted by molar-refractivity contribution is 0.472. The van der Waals surface area contributed by atoms with E-state index in [0.717, 1.165) is 11.4 Å². The van der Waals surface area contributed by atoms with Crippen LogP contribution >= 0.6 is 0 Å². The molecule has 0 fully saturated rings. The van der Waals surface area contributed by atoms with E-state index in [2.05, 4.69) is 5.10 Å². The van der Waals surface area contributed by atoms with Crippen LogP contribution in [0.1, 0.15) is 11.4 Å². The molecule has 90 valence electrons. The highest BCUT2D eigenvalue weighted by atomic mass is 19.1. The zero-order chi connectivity index (χ0) is 12.6. The lowest BCUT2D eigenvalue weighted by Gasteiger charge is -2.08. The Labute approximate surface area is 98.8 Å². The second-order valence-corrected chi connectivity index (χ2v) is 3.88. The van der Waals surface area contributed by atoms with Crippen molar-refractivity contribution in [2.24, 2.45) is 7.05 Å². The monoisotopic (exact) mass is 235 g/mol. The average molecular weight is 235 g/mol. The van der Waals surface area contributed by atoms with Crippen molar-refractivity contribution in [3.05, 3.63) is 35.4 Å². The van der Waals surface area contributed by atoms with Crippen molar-refractivity contribution in [3.8, 4) is 11.5 Å². The summed E-state index contributed by atoms with van der Waals surface area (Å²) in [6.07, 6.45) is 0. The molecule has 1 aromatic heterocycles. The molecule has 0 aliphatic rings. The van der Waals surface area contributed by atoms with Gasteiger partial charge < -0.3 is 10.5 Å². The summed E-state index contributed by atoms with van der Waals surface area (Å²) in [6.45, 7) is 3.71. The number of hydrogen-bond acceptors (Lipinski definition) is 3. The van der Waals surface area contributed by atoms with Crippen LogP contribution in [0.5, 0.6) is 11.5 Å². The molecule has 2 N–H and O–H groups in total. The van der Waals surface area contributed by atoms with Gasteiger partial charge in [0.05, 0.1) is 5.69 Å². The molecule has 0 amide bonds. The second kappa shape index (κ2) is 4.08. The number of aromatic nitrogens is 2. The summed E-state index contributed by atoms with van der Waals surface area (Å²) < 4.78 is 20.6. The molecule has 17 heavy (non-hydrogen) atoms. The van der Waals surface area contributed by atoms with Crippen molar-refractivity contribution >= 4 is 5.69 Å². The minimum absolute atomic E-state index is 0.00940. The molecule has 4 nitrogen and oxygen atoms in total. The number of halogens is 1. The highest BCUT2D eigenvalue weighted by Gasteiger charge is 2.14. The van der Waals surface area contributed by atoms with E-state index in [0.29, 0.717) is 11.5 Å². The molecule has 0 saturated heterocycles. The van der Waals surface area contributed by atoms with E-state index in [-0.39, 0.29) is 5.69 Å². The minimum atomic E-state index is -0.485. The van der Waals surface area contributed by atoms with Crippen molar-refractivity contribution in [1.82, 2.24) is 9.78 Å². The molecule has 5 heteroatoms. The van der Waals surface area contributed by atoms with E-state index in [9.17, 15) is 4.39 Å². The highest BCUT2D eigenvalue weighted by molar-refractivity contribution is 5.55. The van der Waals surface area contributed by atoms with Crippen LogP contribution in [-0.2, 0) is 7.05 Å². The predicted octanol–water partition coefficient (Wildman–Crippen LogP) is 2.55. The fraction of sp³-hybridized carbons (Fsp3) is 0.250. The first-order valence-corrected chi connectivity index (χ1v) is 5.22. The fourth-order valence-electron chi connectivity index (χ4n) is 1.62. The van der Waals surface area contributed by atoms with Gasteiger partial charge in [0.2, 0.25) is 0 Å². The minimum Gasteiger partial charge on any atom is -0.451 e. The third-order valence-corrected chi connectivity index (χ3v) is 2.67. The lowest BCUT2D eigenvalue weighted by Crippen LogP contribution is -1.97. The van der Waals surface area contributed by atoms with Crippen LogP contribution in [0, 0.1) is 19.7 Å². The van der Waals surface area contributed by atoms with Gasteiger partial charge in [-0.05, 0) is 26.0 Å². The van der Waals surface area contributed by atoms with Crippen molar-refractivity contribution in [3.63, 3.8) is 0 Å². The van der Waals surface area contributed by atoms with Crippen LogP contribution in [0.3, 0.4) is 0 Å². The molecule has 0 unspecified atom stereocenters. The number of benzene rings is 1. The Balaban J connectivity index is 2.41. The highest BCUT2D eigenvalue weighted by Crippen LogP contribution is 2.32. The Morgan fingerprint density at radius 2 is 2.06 bits per heavy atom. The van der Waals surface area contributed by atoms with Gasteiger partial charge in [-0.25, -0.2) is 4.39 Å². The van der Waals surface area contributed by atoms with Gasteiger partial charge in [-0.15, -0.1) is 0 Å². The van der Waals surface area contributed by atoms with Gasteiger partial charge >= 0.3 is 0 Å². The van der Waals surface area contributed by atoms with Crippen LogP contribution < -0.4 is 10.5 Å². The third kappa shape index (κ3) is 1.95. The fourth-order valence-corrected chi connectivity index (χ4v) is 1.62. The number of nitrogen functional groups attached to an aromatic ring is 1. The van der Waals surface area contributed by atoms with Gasteiger partial charge in [0.15, 0.2) is 11.5 Å². The van der Waals surface area contributed by atoms with E-state index in [4.69, 9.17) is 10.5 Å². The van der Waals surface area contributed by atoms with Gasteiger partial charge in [0.1, 0.15) is 17.2 Å². The summed E-state index contributed by atoms with van der Waals surface area (Å²) in [4.78, 5) is 0. The van der Waals surface area contributed by atoms with Gasteiger partial charge in [-0.3, -0.25) is 4.68 Å². The van der Waals surface area contributed by atoms with Crippen LogP contribution in [-0.4, -0.2) is 9.78 Å². The van der Waals surface area contributed by atoms with E-state index in [1.807, 2.05) is 20.9 Å². The van der Waals surface area contributed by atoms with Gasteiger partial charge in [-0.2, -0.15) is 5.10 Å². The number of aryl methyl sites for hydroxylation is 2. The van der Waals surface area contributed by atoms with Crippen molar-refractivity contribution in [1.29, 1.82) is 0 Å². The van der Waals surface area contributed by atoms with Crippen LogP contribution in [0.15, 0.2) is 18.2 Å². The van der Waals surface area contributed by atoms with Gasteiger partial charge in [0.25, 0.3) is 0 Å². The molecule has 0 aliphatic carbocycles. The molecule has 1 aromatic carbocycles. The third-order valence-electron chi connectivity index (χ3n) is 2.67. The molecule has 0 atom stereocenters. The van der Waals surface area contributed by atoms with Crippen molar-refractivity contribution < 1.29 is 9.13 Å². The Kier molecular flexibility index (Phi) is 2.75. The summed E-state index contributed by atoms with van der Waals surface area (Å²) in [5, 5.41) is 4.22. The number of anilines is 1. The summed E-state index contributed by atoms with van der Waals surface area (Å²) in [6, 6.07) is 4.48. The number of para-hydroxylation sites is 1. The van der Waals surface area contributed by atoms with Crippen molar-refractivity contribution in [2.75, 3.05) is 5.73 Å². The molecule has 0 bridgehead atoms. The first-order valence-electron chi connectivity index (χ1n) is 5.22. The molecule has 2 aromatic rings. The maximum atomic E-state index is 13.3. The number of ether oxygens (including phenoxy) is 1. The predicted molar refractivity (Wildman–Crippen MR) is 63.6 cm³/mol. The van der Waals surface area contributed by atoms with E-state index in [1.54, 1.807) is 16.8 Å². The Hall–Kier alpha value is -2.04. The number of rotatable bonds is 2. The number of hydrogen-bond donors (Lipinski definition) is 1.